The predicted octanol–water partition coefficient (Wildman–Crippen LogP) is 3.28. The smallest absolute Gasteiger partial charge is 0.251 e. The third kappa shape index (κ3) is 4.29. The maximum Gasteiger partial charge on any atom is 0.251 e. The molecule has 0 aliphatic carbocycles. The molecule has 0 spiro atoms. The van der Waals surface area contributed by atoms with E-state index in [1.807, 2.05) is 36.9 Å². The molecular weight excluding hydrogens is 430 g/mol. The molecule has 2 N–H and O–H groups in total. The molecule has 4 aromatic rings. The van der Waals surface area contributed by atoms with E-state index in [1.165, 1.54) is 0 Å². The standard InChI is InChI=1S/C25H27N7O2/c1-16-20-9-6-18(14-22(20)31(3)30-16)21-15-23(29-25(28-21)32-10-12-34-13-11-32)27-19-7-4-17(5-8-19)24(33)26-2/h4-9,14-15H,10-13H2,1-3H3,(H,26,33)(H,27,28,29). The molecule has 0 unspecified atom stereocenters. The fourth-order valence-corrected chi connectivity index (χ4v) is 4.15. The van der Waals surface area contributed by atoms with Crippen LogP contribution in [0.4, 0.5) is 17.5 Å². The second-order valence-electron chi connectivity index (χ2n) is 8.26. The number of fused-ring (bicyclic) bond motifs is 1. The largest absolute Gasteiger partial charge is 0.378 e. The summed E-state index contributed by atoms with van der Waals surface area (Å²) in [6, 6.07) is 15.5. The van der Waals surface area contributed by atoms with Gasteiger partial charge in [0.25, 0.3) is 5.91 Å². The predicted molar refractivity (Wildman–Crippen MR) is 133 cm³/mol. The van der Waals surface area contributed by atoms with E-state index in [4.69, 9.17) is 14.7 Å². The van der Waals surface area contributed by atoms with Crippen molar-refractivity contribution in [1.29, 1.82) is 0 Å². The molecule has 0 bridgehead atoms. The SMILES string of the molecule is CNC(=O)c1ccc(Nc2cc(-c3ccc4c(C)nn(C)c4c3)nc(N3CCOCC3)n2)cc1. The van der Waals surface area contributed by atoms with Crippen LogP contribution in [0, 0.1) is 6.92 Å². The number of anilines is 3. The number of hydrogen-bond acceptors (Lipinski definition) is 7. The quantitative estimate of drug-likeness (QED) is 0.475. The number of carbonyl (C=O) groups is 1. The molecule has 9 heteroatoms. The van der Waals surface area contributed by atoms with Gasteiger partial charge in [-0.3, -0.25) is 9.48 Å². The molecule has 2 aromatic heterocycles. The van der Waals surface area contributed by atoms with Crippen LogP contribution in [-0.4, -0.2) is 59.0 Å². The van der Waals surface area contributed by atoms with Crippen LogP contribution in [0.3, 0.4) is 0 Å². The molecule has 1 fully saturated rings. The number of carbonyl (C=O) groups excluding carboxylic acids is 1. The van der Waals surface area contributed by atoms with Crippen molar-refractivity contribution in [1.82, 2.24) is 25.1 Å². The average molecular weight is 458 g/mol. The van der Waals surface area contributed by atoms with Crippen molar-refractivity contribution < 1.29 is 9.53 Å². The Morgan fingerprint density at radius 3 is 2.53 bits per heavy atom. The fraction of sp³-hybridized carbons (Fsp3) is 0.280. The Bertz CT molecular complexity index is 1340. The topological polar surface area (TPSA) is 97.2 Å². The van der Waals surface area contributed by atoms with E-state index in [0.717, 1.165) is 46.6 Å². The van der Waals surface area contributed by atoms with Crippen LogP contribution in [0.15, 0.2) is 48.5 Å². The lowest BCUT2D eigenvalue weighted by molar-refractivity contribution is 0.0963. The van der Waals surface area contributed by atoms with Crippen LogP contribution in [0.1, 0.15) is 16.1 Å². The van der Waals surface area contributed by atoms with Crippen molar-refractivity contribution in [2.45, 2.75) is 6.92 Å². The third-order valence-electron chi connectivity index (χ3n) is 5.99. The molecular formula is C25H27N7O2. The van der Waals surface area contributed by atoms with Gasteiger partial charge in [-0.2, -0.15) is 10.1 Å². The number of aromatic nitrogens is 4. The number of ether oxygens (including phenoxy) is 1. The third-order valence-corrected chi connectivity index (χ3v) is 5.99. The molecule has 9 nitrogen and oxygen atoms in total. The van der Waals surface area contributed by atoms with E-state index in [9.17, 15) is 4.79 Å². The molecule has 1 aliphatic heterocycles. The molecule has 0 radical (unpaired) electrons. The van der Waals surface area contributed by atoms with Crippen molar-refractivity contribution in [2.24, 2.45) is 7.05 Å². The van der Waals surface area contributed by atoms with Gasteiger partial charge in [0.15, 0.2) is 0 Å². The van der Waals surface area contributed by atoms with E-state index in [-0.39, 0.29) is 5.91 Å². The maximum atomic E-state index is 11.8. The first-order valence-electron chi connectivity index (χ1n) is 11.3. The van der Waals surface area contributed by atoms with E-state index in [0.29, 0.717) is 30.5 Å². The van der Waals surface area contributed by atoms with Gasteiger partial charge in [0, 0.05) is 55.5 Å². The molecule has 0 atom stereocenters. The van der Waals surface area contributed by atoms with Crippen LogP contribution in [0.25, 0.3) is 22.2 Å². The maximum absolute atomic E-state index is 11.8. The molecule has 1 aliphatic rings. The highest BCUT2D eigenvalue weighted by Gasteiger charge is 2.17. The molecule has 1 saturated heterocycles. The number of benzene rings is 2. The minimum absolute atomic E-state index is 0.119. The summed E-state index contributed by atoms with van der Waals surface area (Å²) in [7, 11) is 3.57. The van der Waals surface area contributed by atoms with Crippen LogP contribution >= 0.6 is 0 Å². The Labute approximate surface area is 197 Å². The van der Waals surface area contributed by atoms with Crippen molar-refractivity contribution in [3.8, 4) is 11.3 Å². The van der Waals surface area contributed by atoms with Crippen molar-refractivity contribution in [3.05, 3.63) is 59.8 Å². The summed E-state index contributed by atoms with van der Waals surface area (Å²) in [5.74, 6) is 1.22. The van der Waals surface area contributed by atoms with Gasteiger partial charge in [-0.25, -0.2) is 4.98 Å². The first-order valence-corrected chi connectivity index (χ1v) is 11.3. The Kier molecular flexibility index (Phi) is 5.85. The summed E-state index contributed by atoms with van der Waals surface area (Å²) in [5, 5.41) is 11.7. The second-order valence-corrected chi connectivity index (χ2v) is 8.26. The zero-order valence-electron chi connectivity index (χ0n) is 19.5. The number of amides is 1. The molecule has 5 rings (SSSR count). The molecule has 2 aromatic carbocycles. The first-order chi connectivity index (χ1) is 16.5. The fourth-order valence-electron chi connectivity index (χ4n) is 4.15. The molecule has 1 amide bonds. The zero-order valence-corrected chi connectivity index (χ0v) is 19.5. The highest BCUT2D eigenvalue weighted by Crippen LogP contribution is 2.29. The van der Waals surface area contributed by atoms with E-state index < -0.39 is 0 Å². The number of rotatable bonds is 5. The Morgan fingerprint density at radius 1 is 1.03 bits per heavy atom. The Balaban J connectivity index is 1.53. The summed E-state index contributed by atoms with van der Waals surface area (Å²) in [5.41, 5.74) is 5.31. The highest BCUT2D eigenvalue weighted by atomic mass is 16.5. The van der Waals surface area contributed by atoms with Gasteiger partial charge in [0.05, 0.1) is 30.1 Å². The number of aryl methyl sites for hydroxylation is 2. The zero-order chi connectivity index (χ0) is 23.7. The van der Waals surface area contributed by atoms with Crippen molar-refractivity contribution in [2.75, 3.05) is 43.6 Å². The summed E-state index contributed by atoms with van der Waals surface area (Å²) in [4.78, 5) is 23.7. The van der Waals surface area contributed by atoms with Gasteiger partial charge < -0.3 is 20.3 Å². The summed E-state index contributed by atoms with van der Waals surface area (Å²) >= 11 is 0. The summed E-state index contributed by atoms with van der Waals surface area (Å²) < 4.78 is 7.40. The minimum atomic E-state index is -0.119. The summed E-state index contributed by atoms with van der Waals surface area (Å²) in [6.07, 6.45) is 0. The monoisotopic (exact) mass is 457 g/mol. The first kappa shape index (κ1) is 21.8. The van der Waals surface area contributed by atoms with E-state index >= 15 is 0 Å². The molecule has 3 heterocycles. The van der Waals surface area contributed by atoms with Gasteiger partial charge >= 0.3 is 0 Å². The van der Waals surface area contributed by atoms with Crippen LogP contribution in [0.5, 0.6) is 0 Å². The molecule has 34 heavy (non-hydrogen) atoms. The second kappa shape index (κ2) is 9.11. The average Bonchev–Trinajstić information content (AvgIpc) is 3.17. The van der Waals surface area contributed by atoms with Gasteiger partial charge in [0.2, 0.25) is 5.95 Å². The van der Waals surface area contributed by atoms with Gasteiger partial charge in [-0.05, 0) is 37.3 Å². The number of hydrogen-bond donors (Lipinski definition) is 2. The van der Waals surface area contributed by atoms with Crippen LogP contribution in [0.2, 0.25) is 0 Å². The van der Waals surface area contributed by atoms with Crippen LogP contribution in [-0.2, 0) is 11.8 Å². The van der Waals surface area contributed by atoms with Gasteiger partial charge in [-0.1, -0.05) is 12.1 Å². The number of nitrogens with one attached hydrogen (secondary N) is 2. The van der Waals surface area contributed by atoms with E-state index in [1.54, 1.807) is 19.2 Å². The van der Waals surface area contributed by atoms with Gasteiger partial charge in [0.1, 0.15) is 5.82 Å². The van der Waals surface area contributed by atoms with Crippen molar-refractivity contribution in [3.63, 3.8) is 0 Å². The minimum Gasteiger partial charge on any atom is -0.378 e. The Hall–Kier alpha value is -3.98. The molecule has 174 valence electrons. The van der Waals surface area contributed by atoms with E-state index in [2.05, 4.69) is 38.8 Å². The van der Waals surface area contributed by atoms with Crippen LogP contribution < -0.4 is 15.5 Å². The lowest BCUT2D eigenvalue weighted by Crippen LogP contribution is -2.37. The number of nitrogens with zero attached hydrogens (tertiary/aromatic N) is 5. The lowest BCUT2D eigenvalue weighted by Gasteiger charge is -2.27. The summed E-state index contributed by atoms with van der Waals surface area (Å²) in [6.45, 7) is 4.79. The Morgan fingerprint density at radius 2 is 1.79 bits per heavy atom. The highest BCUT2D eigenvalue weighted by molar-refractivity contribution is 5.94. The lowest BCUT2D eigenvalue weighted by atomic mass is 10.1. The molecule has 0 saturated carbocycles. The number of morpholine rings is 1. The van der Waals surface area contributed by atoms with Gasteiger partial charge in [-0.15, -0.1) is 0 Å². The van der Waals surface area contributed by atoms with Crippen molar-refractivity contribution >= 4 is 34.3 Å². The normalized spacial score (nSPS) is 13.8.